The molecule has 0 aromatic carbocycles. The Bertz CT molecular complexity index is 347. The van der Waals surface area contributed by atoms with Crippen molar-refractivity contribution in [2.45, 2.75) is 33.1 Å². The first-order chi connectivity index (χ1) is 6.04. The van der Waals surface area contributed by atoms with Gasteiger partial charge in [0, 0.05) is 18.0 Å². The molecule has 0 spiro atoms. The van der Waals surface area contributed by atoms with E-state index in [1.807, 2.05) is 13.1 Å². The van der Waals surface area contributed by atoms with Gasteiger partial charge in [-0.05, 0) is 24.0 Å². The number of hydrogen-bond donors (Lipinski definition) is 0. The predicted molar refractivity (Wildman–Crippen MR) is 55.5 cm³/mol. The van der Waals surface area contributed by atoms with E-state index in [2.05, 4.69) is 43.7 Å². The van der Waals surface area contributed by atoms with Crippen LogP contribution in [0.4, 0.5) is 0 Å². The van der Waals surface area contributed by atoms with Crippen LogP contribution in [0.5, 0.6) is 0 Å². The highest BCUT2D eigenvalue weighted by Crippen LogP contribution is 2.21. The normalized spacial score (nSPS) is 10.5. The van der Waals surface area contributed by atoms with Crippen molar-refractivity contribution < 1.29 is 0 Å². The zero-order valence-electron chi connectivity index (χ0n) is 8.68. The van der Waals surface area contributed by atoms with Gasteiger partial charge in [-0.2, -0.15) is 0 Å². The van der Waals surface area contributed by atoms with E-state index in [1.165, 1.54) is 5.56 Å². The van der Waals surface area contributed by atoms with E-state index in [0.717, 1.165) is 5.56 Å². The molecule has 0 aliphatic rings. The Morgan fingerprint density at radius 1 is 1.23 bits per heavy atom. The van der Waals surface area contributed by atoms with Crippen LogP contribution >= 0.6 is 0 Å². The first kappa shape index (κ1) is 9.80. The summed E-state index contributed by atoms with van der Waals surface area (Å²) in [5, 5.41) is 0. The van der Waals surface area contributed by atoms with E-state index >= 15 is 0 Å². The third kappa shape index (κ3) is 2.59. The molecule has 68 valence electrons. The second kappa shape index (κ2) is 3.62. The van der Waals surface area contributed by atoms with Crippen LogP contribution in [0.1, 0.15) is 38.8 Å². The molecule has 0 saturated heterocycles. The molecule has 0 fully saturated rings. The van der Waals surface area contributed by atoms with Crippen molar-refractivity contribution in [2.75, 3.05) is 0 Å². The minimum absolute atomic E-state index is 0.151. The molecule has 1 rings (SSSR count). The molecule has 1 heteroatoms. The van der Waals surface area contributed by atoms with Gasteiger partial charge in [0.05, 0.1) is 0 Å². The van der Waals surface area contributed by atoms with E-state index < -0.39 is 0 Å². The lowest BCUT2D eigenvalue weighted by Gasteiger charge is -2.18. The number of nitrogens with zero attached hydrogens (tertiary/aromatic N) is 1. The molecule has 0 unspecified atom stereocenters. The summed E-state index contributed by atoms with van der Waals surface area (Å²) in [6.07, 6.45) is 3.70. The molecule has 0 amide bonds. The van der Waals surface area contributed by atoms with E-state index in [0.29, 0.717) is 0 Å². The van der Waals surface area contributed by atoms with Crippen molar-refractivity contribution in [1.82, 2.24) is 4.98 Å². The van der Waals surface area contributed by atoms with Gasteiger partial charge >= 0.3 is 0 Å². The SMILES string of the molecule is CC#Cc1cncc(C(C)(C)C)c1. The molecule has 0 aliphatic heterocycles. The Morgan fingerprint density at radius 2 is 1.92 bits per heavy atom. The molecule has 0 atom stereocenters. The predicted octanol–water partition coefficient (Wildman–Crippen LogP) is 2.75. The van der Waals surface area contributed by atoms with Crippen LogP contribution in [-0.2, 0) is 5.41 Å². The Hall–Kier alpha value is -1.29. The summed E-state index contributed by atoms with van der Waals surface area (Å²) < 4.78 is 0. The monoisotopic (exact) mass is 173 g/mol. The smallest absolute Gasteiger partial charge is 0.0431 e. The lowest BCUT2D eigenvalue weighted by Crippen LogP contribution is -2.11. The Balaban J connectivity index is 3.10. The van der Waals surface area contributed by atoms with Gasteiger partial charge < -0.3 is 0 Å². The molecule has 0 N–H and O–H groups in total. The van der Waals surface area contributed by atoms with Crippen LogP contribution in [0.25, 0.3) is 0 Å². The first-order valence-corrected chi connectivity index (χ1v) is 4.42. The number of rotatable bonds is 0. The van der Waals surface area contributed by atoms with Gasteiger partial charge in [0.15, 0.2) is 0 Å². The Kier molecular flexibility index (Phi) is 2.72. The third-order valence-corrected chi connectivity index (χ3v) is 1.87. The van der Waals surface area contributed by atoms with Crippen LogP contribution in [-0.4, -0.2) is 4.98 Å². The maximum atomic E-state index is 4.17. The van der Waals surface area contributed by atoms with Crippen molar-refractivity contribution in [2.24, 2.45) is 0 Å². The fraction of sp³-hybridized carbons (Fsp3) is 0.417. The summed E-state index contributed by atoms with van der Waals surface area (Å²) in [4.78, 5) is 4.17. The van der Waals surface area contributed by atoms with Crippen LogP contribution in [0.3, 0.4) is 0 Å². The van der Waals surface area contributed by atoms with E-state index in [1.54, 1.807) is 6.20 Å². The number of aromatic nitrogens is 1. The molecular weight excluding hydrogens is 158 g/mol. The van der Waals surface area contributed by atoms with Gasteiger partial charge in [0.1, 0.15) is 0 Å². The van der Waals surface area contributed by atoms with Gasteiger partial charge in [-0.15, -0.1) is 5.92 Å². The molecule has 0 aliphatic carbocycles. The lowest BCUT2D eigenvalue weighted by atomic mass is 9.88. The average molecular weight is 173 g/mol. The summed E-state index contributed by atoms with van der Waals surface area (Å²) in [7, 11) is 0. The maximum Gasteiger partial charge on any atom is 0.0431 e. The van der Waals surface area contributed by atoms with Crippen molar-refractivity contribution >= 4 is 0 Å². The van der Waals surface area contributed by atoms with Gasteiger partial charge in [-0.3, -0.25) is 4.98 Å². The highest BCUT2D eigenvalue weighted by atomic mass is 14.6. The van der Waals surface area contributed by atoms with Gasteiger partial charge in [0.2, 0.25) is 0 Å². The fourth-order valence-corrected chi connectivity index (χ4v) is 1.06. The second-order valence-corrected chi connectivity index (χ2v) is 4.09. The van der Waals surface area contributed by atoms with Crippen LogP contribution < -0.4 is 0 Å². The van der Waals surface area contributed by atoms with Crippen molar-refractivity contribution in [1.29, 1.82) is 0 Å². The molecule has 1 nitrogen and oxygen atoms in total. The quantitative estimate of drug-likeness (QED) is 0.550. The average Bonchev–Trinajstić information content (AvgIpc) is 2.04. The summed E-state index contributed by atoms with van der Waals surface area (Å²) in [5.74, 6) is 5.88. The molecule has 0 saturated carbocycles. The summed E-state index contributed by atoms with van der Waals surface area (Å²) in [6, 6.07) is 2.10. The molecule has 0 bridgehead atoms. The summed E-state index contributed by atoms with van der Waals surface area (Å²) in [6.45, 7) is 8.36. The largest absolute Gasteiger partial charge is 0.263 e. The topological polar surface area (TPSA) is 12.9 Å². The van der Waals surface area contributed by atoms with Gasteiger partial charge in [0.25, 0.3) is 0 Å². The van der Waals surface area contributed by atoms with Crippen molar-refractivity contribution in [3.8, 4) is 11.8 Å². The van der Waals surface area contributed by atoms with E-state index in [-0.39, 0.29) is 5.41 Å². The van der Waals surface area contributed by atoms with Crippen molar-refractivity contribution in [3.05, 3.63) is 29.6 Å². The minimum atomic E-state index is 0.151. The van der Waals surface area contributed by atoms with Crippen molar-refractivity contribution in [3.63, 3.8) is 0 Å². The zero-order chi connectivity index (χ0) is 9.90. The number of pyridine rings is 1. The molecule has 1 heterocycles. The fourth-order valence-electron chi connectivity index (χ4n) is 1.06. The van der Waals surface area contributed by atoms with Crippen LogP contribution in [0.2, 0.25) is 0 Å². The number of hydrogen-bond acceptors (Lipinski definition) is 1. The zero-order valence-corrected chi connectivity index (χ0v) is 8.68. The molecule has 0 radical (unpaired) electrons. The van der Waals surface area contributed by atoms with Crippen LogP contribution in [0, 0.1) is 11.8 Å². The van der Waals surface area contributed by atoms with Crippen LogP contribution in [0.15, 0.2) is 18.5 Å². The molecule has 1 aromatic heterocycles. The molecular formula is C12H15N. The van der Waals surface area contributed by atoms with Gasteiger partial charge in [-0.25, -0.2) is 0 Å². The Labute approximate surface area is 80.2 Å². The molecule has 13 heavy (non-hydrogen) atoms. The van der Waals surface area contributed by atoms with E-state index in [9.17, 15) is 0 Å². The first-order valence-electron chi connectivity index (χ1n) is 4.42. The summed E-state index contributed by atoms with van der Waals surface area (Å²) >= 11 is 0. The second-order valence-electron chi connectivity index (χ2n) is 4.09. The summed E-state index contributed by atoms with van der Waals surface area (Å²) in [5.41, 5.74) is 2.38. The lowest BCUT2D eigenvalue weighted by molar-refractivity contribution is 0.587. The van der Waals surface area contributed by atoms with Gasteiger partial charge in [-0.1, -0.05) is 26.7 Å². The standard InChI is InChI=1S/C12H15N/c1-5-6-10-7-11(9-13-8-10)12(2,3)4/h7-9H,1-4H3. The Morgan fingerprint density at radius 3 is 2.46 bits per heavy atom. The third-order valence-electron chi connectivity index (χ3n) is 1.87. The maximum absolute atomic E-state index is 4.17. The molecule has 1 aromatic rings. The van der Waals surface area contributed by atoms with E-state index in [4.69, 9.17) is 0 Å². The minimum Gasteiger partial charge on any atom is -0.263 e. The highest BCUT2D eigenvalue weighted by Gasteiger charge is 2.13. The highest BCUT2D eigenvalue weighted by molar-refractivity contribution is 5.35.